The summed E-state index contributed by atoms with van der Waals surface area (Å²) in [4.78, 5) is 36.0. The molecule has 3 rings (SSSR count). The van der Waals surface area contributed by atoms with Gasteiger partial charge < -0.3 is 10.1 Å². The zero-order chi connectivity index (χ0) is 20.8. The van der Waals surface area contributed by atoms with Crippen molar-refractivity contribution in [3.63, 3.8) is 0 Å². The number of imide groups is 1. The molecule has 0 saturated heterocycles. The molecule has 2 unspecified atom stereocenters. The largest absolute Gasteiger partial charge is 0.452 e. The number of carbonyl (C=O) groups excluding carboxylic acids is 3. The first kappa shape index (κ1) is 20.6. The summed E-state index contributed by atoms with van der Waals surface area (Å²) in [6.07, 6.45) is 5.90. The van der Waals surface area contributed by atoms with Crippen LogP contribution < -0.4 is 10.6 Å². The lowest BCUT2D eigenvalue weighted by molar-refractivity contribution is -0.123. The molecule has 3 amide bonds. The van der Waals surface area contributed by atoms with E-state index in [0.717, 1.165) is 30.6 Å². The monoisotopic (exact) mass is 398 g/mol. The van der Waals surface area contributed by atoms with Gasteiger partial charge in [-0.3, -0.25) is 10.1 Å². The SMILES string of the molecule is Cc1ccnn1-c1ccc(C(=O)OCC(=O)NC(=O)NC2CCCCC2C)cc1. The number of carbonyl (C=O) groups is 3. The molecule has 1 aliphatic carbocycles. The quantitative estimate of drug-likeness (QED) is 0.754. The molecule has 1 aliphatic rings. The Morgan fingerprint density at radius 1 is 1.14 bits per heavy atom. The lowest BCUT2D eigenvalue weighted by Gasteiger charge is -2.29. The lowest BCUT2D eigenvalue weighted by atomic mass is 9.86. The lowest BCUT2D eigenvalue weighted by Crippen LogP contribution is -2.48. The number of benzene rings is 1. The summed E-state index contributed by atoms with van der Waals surface area (Å²) in [6.45, 7) is 3.50. The van der Waals surface area contributed by atoms with Gasteiger partial charge in [0.25, 0.3) is 5.91 Å². The molecular weight excluding hydrogens is 372 g/mol. The zero-order valence-corrected chi connectivity index (χ0v) is 16.7. The molecule has 0 bridgehead atoms. The fourth-order valence-corrected chi connectivity index (χ4v) is 3.49. The molecule has 0 spiro atoms. The van der Waals surface area contributed by atoms with E-state index in [1.54, 1.807) is 35.1 Å². The molecule has 1 heterocycles. The fraction of sp³-hybridized carbons (Fsp3) is 0.429. The third-order valence-corrected chi connectivity index (χ3v) is 5.19. The van der Waals surface area contributed by atoms with E-state index in [0.29, 0.717) is 11.5 Å². The van der Waals surface area contributed by atoms with Crippen LogP contribution >= 0.6 is 0 Å². The Morgan fingerprint density at radius 3 is 2.52 bits per heavy atom. The van der Waals surface area contributed by atoms with Crippen LogP contribution in [-0.4, -0.2) is 40.3 Å². The van der Waals surface area contributed by atoms with Gasteiger partial charge in [0.1, 0.15) is 0 Å². The highest BCUT2D eigenvalue weighted by Gasteiger charge is 2.23. The first-order chi connectivity index (χ1) is 13.9. The van der Waals surface area contributed by atoms with Crippen molar-refractivity contribution in [3.8, 4) is 5.69 Å². The van der Waals surface area contributed by atoms with Gasteiger partial charge in [0.15, 0.2) is 6.61 Å². The van der Waals surface area contributed by atoms with Crippen molar-refractivity contribution in [1.82, 2.24) is 20.4 Å². The fourth-order valence-electron chi connectivity index (χ4n) is 3.49. The van der Waals surface area contributed by atoms with Crippen LogP contribution in [0, 0.1) is 12.8 Å². The number of urea groups is 1. The summed E-state index contributed by atoms with van der Waals surface area (Å²) < 4.78 is 6.75. The number of aromatic nitrogens is 2. The molecule has 0 radical (unpaired) electrons. The van der Waals surface area contributed by atoms with E-state index in [2.05, 4.69) is 22.7 Å². The average Bonchev–Trinajstić information content (AvgIpc) is 3.14. The van der Waals surface area contributed by atoms with Crippen molar-refractivity contribution in [1.29, 1.82) is 0 Å². The van der Waals surface area contributed by atoms with Crippen molar-refractivity contribution in [2.75, 3.05) is 6.61 Å². The second kappa shape index (κ2) is 9.36. The Morgan fingerprint density at radius 2 is 1.86 bits per heavy atom. The second-order valence-corrected chi connectivity index (χ2v) is 7.40. The minimum atomic E-state index is -0.664. The van der Waals surface area contributed by atoms with E-state index >= 15 is 0 Å². The standard InChI is InChI=1S/C21H26N4O4/c1-14-5-3-4-6-18(14)23-21(28)24-19(26)13-29-20(27)16-7-9-17(10-8-16)25-15(2)11-12-22-25/h7-12,14,18H,3-6,13H2,1-2H3,(H2,23,24,26,28). The van der Waals surface area contributed by atoms with Crippen LogP contribution in [0.5, 0.6) is 0 Å². The topological polar surface area (TPSA) is 102 Å². The smallest absolute Gasteiger partial charge is 0.338 e. The summed E-state index contributed by atoms with van der Waals surface area (Å²) >= 11 is 0. The zero-order valence-electron chi connectivity index (χ0n) is 16.7. The van der Waals surface area contributed by atoms with Crippen LogP contribution in [0.1, 0.15) is 48.7 Å². The van der Waals surface area contributed by atoms with Crippen molar-refractivity contribution in [2.45, 2.75) is 45.6 Å². The van der Waals surface area contributed by atoms with E-state index in [-0.39, 0.29) is 6.04 Å². The maximum absolute atomic E-state index is 12.1. The van der Waals surface area contributed by atoms with Crippen molar-refractivity contribution < 1.29 is 19.1 Å². The van der Waals surface area contributed by atoms with Gasteiger partial charge in [-0.05, 0) is 56.0 Å². The van der Waals surface area contributed by atoms with Crippen LogP contribution in [0.4, 0.5) is 4.79 Å². The maximum Gasteiger partial charge on any atom is 0.338 e. The summed E-state index contributed by atoms with van der Waals surface area (Å²) in [6, 6.07) is 8.10. The van der Waals surface area contributed by atoms with Gasteiger partial charge in [0.05, 0.1) is 11.3 Å². The maximum atomic E-state index is 12.1. The number of nitrogens with one attached hydrogen (secondary N) is 2. The van der Waals surface area contributed by atoms with Crippen molar-refractivity contribution in [2.24, 2.45) is 5.92 Å². The van der Waals surface area contributed by atoms with E-state index < -0.39 is 24.5 Å². The van der Waals surface area contributed by atoms with E-state index in [4.69, 9.17) is 4.74 Å². The predicted molar refractivity (Wildman–Crippen MR) is 107 cm³/mol. The van der Waals surface area contributed by atoms with Gasteiger partial charge in [-0.15, -0.1) is 0 Å². The van der Waals surface area contributed by atoms with Crippen molar-refractivity contribution in [3.05, 3.63) is 47.8 Å². The van der Waals surface area contributed by atoms with E-state index in [1.165, 1.54) is 6.42 Å². The number of esters is 1. The molecule has 1 saturated carbocycles. The van der Waals surface area contributed by atoms with Gasteiger partial charge in [-0.25, -0.2) is 14.3 Å². The van der Waals surface area contributed by atoms with Crippen LogP contribution in [-0.2, 0) is 9.53 Å². The average molecular weight is 398 g/mol. The van der Waals surface area contributed by atoms with Crippen LogP contribution in [0.15, 0.2) is 36.5 Å². The third kappa shape index (κ3) is 5.43. The Hall–Kier alpha value is -3.16. The Labute approximate surface area is 169 Å². The summed E-state index contributed by atoms with van der Waals surface area (Å²) in [5, 5.41) is 9.24. The number of nitrogens with zero attached hydrogens (tertiary/aromatic N) is 2. The Kier molecular flexibility index (Phi) is 6.64. The number of amides is 3. The van der Waals surface area contributed by atoms with Gasteiger partial charge in [-0.1, -0.05) is 19.8 Å². The van der Waals surface area contributed by atoms with Gasteiger partial charge >= 0.3 is 12.0 Å². The van der Waals surface area contributed by atoms with Crippen molar-refractivity contribution >= 4 is 17.9 Å². The molecule has 2 N–H and O–H groups in total. The highest BCUT2D eigenvalue weighted by molar-refractivity contribution is 5.97. The number of aryl methyl sites for hydroxylation is 1. The molecule has 29 heavy (non-hydrogen) atoms. The van der Waals surface area contributed by atoms with Gasteiger partial charge in [0, 0.05) is 17.9 Å². The normalized spacial score (nSPS) is 18.7. The molecule has 8 heteroatoms. The van der Waals surface area contributed by atoms with Crippen LogP contribution in [0.25, 0.3) is 5.69 Å². The summed E-state index contributed by atoms with van der Waals surface area (Å²) in [5.74, 6) is -0.913. The molecule has 1 aromatic heterocycles. The number of ether oxygens (including phenoxy) is 1. The first-order valence-electron chi connectivity index (χ1n) is 9.82. The third-order valence-electron chi connectivity index (χ3n) is 5.19. The second-order valence-electron chi connectivity index (χ2n) is 7.40. The van der Waals surface area contributed by atoms with Gasteiger partial charge in [-0.2, -0.15) is 5.10 Å². The summed E-state index contributed by atoms with van der Waals surface area (Å²) in [5.41, 5.74) is 2.10. The number of rotatable bonds is 5. The molecule has 8 nitrogen and oxygen atoms in total. The summed E-state index contributed by atoms with van der Waals surface area (Å²) in [7, 11) is 0. The Bertz CT molecular complexity index is 875. The molecule has 1 aromatic carbocycles. The van der Waals surface area contributed by atoms with E-state index in [1.807, 2.05) is 13.0 Å². The number of hydrogen-bond donors (Lipinski definition) is 2. The molecule has 154 valence electrons. The minimum absolute atomic E-state index is 0.0658. The highest BCUT2D eigenvalue weighted by atomic mass is 16.5. The van der Waals surface area contributed by atoms with E-state index in [9.17, 15) is 14.4 Å². The highest BCUT2D eigenvalue weighted by Crippen LogP contribution is 2.23. The molecule has 1 fully saturated rings. The first-order valence-corrected chi connectivity index (χ1v) is 9.82. The molecule has 2 atom stereocenters. The van der Waals surface area contributed by atoms with Crippen LogP contribution in [0.3, 0.4) is 0 Å². The molecular formula is C21H26N4O4. The minimum Gasteiger partial charge on any atom is -0.452 e. The Balaban J connectivity index is 1.45. The molecule has 0 aliphatic heterocycles. The number of hydrogen-bond acceptors (Lipinski definition) is 5. The predicted octanol–water partition coefficient (Wildman–Crippen LogP) is 2.74. The molecule has 2 aromatic rings. The van der Waals surface area contributed by atoms with Crippen LogP contribution in [0.2, 0.25) is 0 Å². The van der Waals surface area contributed by atoms with Gasteiger partial charge in [0.2, 0.25) is 0 Å².